The van der Waals surface area contributed by atoms with Crippen LogP contribution >= 0.6 is 0 Å². The largest absolute Gasteiger partial charge is 0.508 e. The van der Waals surface area contributed by atoms with Gasteiger partial charge in [-0.15, -0.1) is 0 Å². The monoisotopic (exact) mass is 234 g/mol. The van der Waals surface area contributed by atoms with Gasteiger partial charge in [0.25, 0.3) is 0 Å². The van der Waals surface area contributed by atoms with Gasteiger partial charge in [-0.3, -0.25) is 4.79 Å². The third kappa shape index (κ3) is 3.20. The molecule has 2 rings (SSSR count). The number of anilines is 1. The van der Waals surface area contributed by atoms with Gasteiger partial charge < -0.3 is 15.7 Å². The first-order chi connectivity index (χ1) is 8.06. The summed E-state index contributed by atoms with van der Waals surface area (Å²) in [6.07, 6.45) is 2.34. The molecule has 1 aliphatic carbocycles. The summed E-state index contributed by atoms with van der Waals surface area (Å²) in [5.74, 6) is 0.224. The lowest BCUT2D eigenvalue weighted by molar-refractivity contribution is -0.115. The number of phenols is 1. The number of nitrogens with one attached hydrogen (secondary N) is 2. The third-order valence-corrected chi connectivity index (χ3v) is 2.95. The Kier molecular flexibility index (Phi) is 3.33. The molecule has 0 unspecified atom stereocenters. The number of carbonyl (C=O) groups excluding carboxylic acids is 1. The normalized spacial score (nSPS) is 14.7. The molecule has 1 aromatic rings. The molecular formula is C13H18N2O2. The van der Waals surface area contributed by atoms with Crippen LogP contribution in [0.1, 0.15) is 24.0 Å². The van der Waals surface area contributed by atoms with Gasteiger partial charge in [0.15, 0.2) is 0 Å². The van der Waals surface area contributed by atoms with E-state index in [-0.39, 0.29) is 11.7 Å². The number of aryl methyl sites for hydroxylation is 2. The molecule has 0 saturated heterocycles. The second-order valence-corrected chi connectivity index (χ2v) is 4.66. The van der Waals surface area contributed by atoms with Crippen molar-refractivity contribution < 1.29 is 9.90 Å². The number of hydrogen-bond donors (Lipinski definition) is 3. The van der Waals surface area contributed by atoms with Crippen molar-refractivity contribution in [1.82, 2.24) is 5.32 Å². The van der Waals surface area contributed by atoms with E-state index in [1.54, 1.807) is 12.1 Å². The summed E-state index contributed by atoms with van der Waals surface area (Å²) in [5.41, 5.74) is 2.40. The zero-order valence-corrected chi connectivity index (χ0v) is 10.2. The minimum atomic E-state index is -0.0370. The Morgan fingerprint density at radius 3 is 2.71 bits per heavy atom. The van der Waals surface area contributed by atoms with E-state index in [4.69, 9.17) is 0 Å². The highest BCUT2D eigenvalue weighted by atomic mass is 16.3. The van der Waals surface area contributed by atoms with Crippen LogP contribution in [0.5, 0.6) is 5.75 Å². The molecular weight excluding hydrogens is 216 g/mol. The first-order valence-electron chi connectivity index (χ1n) is 5.89. The molecule has 0 spiro atoms. The Bertz CT molecular complexity index is 439. The van der Waals surface area contributed by atoms with Gasteiger partial charge in [-0.25, -0.2) is 0 Å². The molecule has 0 aliphatic heterocycles. The lowest BCUT2D eigenvalue weighted by atomic mass is 10.1. The fraction of sp³-hybridized carbons (Fsp3) is 0.462. The number of rotatable bonds is 4. The molecule has 0 bridgehead atoms. The Balaban J connectivity index is 1.96. The number of hydrogen-bond acceptors (Lipinski definition) is 3. The number of amides is 1. The Labute approximate surface area is 101 Å². The summed E-state index contributed by atoms with van der Waals surface area (Å²) in [6, 6.07) is 3.99. The predicted molar refractivity (Wildman–Crippen MR) is 67.2 cm³/mol. The molecule has 1 aromatic carbocycles. The number of benzene rings is 1. The van der Waals surface area contributed by atoms with E-state index < -0.39 is 0 Å². The highest BCUT2D eigenvalue weighted by Gasteiger charge is 2.21. The van der Waals surface area contributed by atoms with Crippen molar-refractivity contribution in [3.63, 3.8) is 0 Å². The average molecular weight is 234 g/mol. The van der Waals surface area contributed by atoms with Crippen LogP contribution < -0.4 is 10.6 Å². The highest BCUT2D eigenvalue weighted by molar-refractivity contribution is 5.93. The molecule has 4 nitrogen and oxygen atoms in total. The van der Waals surface area contributed by atoms with Gasteiger partial charge in [-0.05, 0) is 49.9 Å². The smallest absolute Gasteiger partial charge is 0.238 e. The van der Waals surface area contributed by atoms with Crippen LogP contribution in [0.15, 0.2) is 12.1 Å². The molecule has 1 saturated carbocycles. The van der Waals surface area contributed by atoms with Gasteiger partial charge in [0.2, 0.25) is 5.91 Å². The maximum Gasteiger partial charge on any atom is 0.238 e. The topological polar surface area (TPSA) is 61.4 Å². The first-order valence-corrected chi connectivity index (χ1v) is 5.89. The molecule has 0 atom stereocenters. The molecule has 4 heteroatoms. The second kappa shape index (κ2) is 4.75. The lowest BCUT2D eigenvalue weighted by Crippen LogP contribution is -2.29. The van der Waals surface area contributed by atoms with Crippen molar-refractivity contribution >= 4 is 11.6 Å². The Morgan fingerprint density at radius 2 is 2.06 bits per heavy atom. The molecule has 0 heterocycles. The van der Waals surface area contributed by atoms with Gasteiger partial charge in [0.05, 0.1) is 6.54 Å². The SMILES string of the molecule is Cc1cc(NC(=O)CNC2CC2)c(C)cc1O. The van der Waals surface area contributed by atoms with Gasteiger partial charge in [-0.1, -0.05) is 0 Å². The van der Waals surface area contributed by atoms with Gasteiger partial charge in [-0.2, -0.15) is 0 Å². The van der Waals surface area contributed by atoms with Crippen LogP contribution in [0.2, 0.25) is 0 Å². The quantitative estimate of drug-likeness (QED) is 0.695. The number of carbonyl (C=O) groups is 1. The van der Waals surface area contributed by atoms with Crippen LogP contribution in [0, 0.1) is 13.8 Å². The zero-order valence-electron chi connectivity index (χ0n) is 10.2. The minimum absolute atomic E-state index is 0.0370. The maximum absolute atomic E-state index is 11.7. The maximum atomic E-state index is 11.7. The van der Waals surface area contributed by atoms with Crippen LogP contribution in [0.4, 0.5) is 5.69 Å². The van der Waals surface area contributed by atoms with Crippen molar-refractivity contribution in [3.8, 4) is 5.75 Å². The molecule has 1 amide bonds. The van der Waals surface area contributed by atoms with Crippen molar-refractivity contribution in [2.24, 2.45) is 0 Å². The van der Waals surface area contributed by atoms with E-state index in [0.717, 1.165) is 16.8 Å². The van der Waals surface area contributed by atoms with Crippen LogP contribution in [0.3, 0.4) is 0 Å². The minimum Gasteiger partial charge on any atom is -0.508 e. The molecule has 0 radical (unpaired) electrons. The van der Waals surface area contributed by atoms with Crippen LogP contribution in [0.25, 0.3) is 0 Å². The highest BCUT2D eigenvalue weighted by Crippen LogP contribution is 2.25. The molecule has 0 aromatic heterocycles. The van der Waals surface area contributed by atoms with E-state index >= 15 is 0 Å². The van der Waals surface area contributed by atoms with Crippen molar-refractivity contribution in [2.75, 3.05) is 11.9 Å². The molecule has 92 valence electrons. The fourth-order valence-corrected chi connectivity index (χ4v) is 1.65. The second-order valence-electron chi connectivity index (χ2n) is 4.66. The molecule has 1 fully saturated rings. The summed E-state index contributed by atoms with van der Waals surface area (Å²) in [6.45, 7) is 4.03. The van der Waals surface area contributed by atoms with E-state index in [1.165, 1.54) is 12.8 Å². The molecule has 1 aliphatic rings. The first kappa shape index (κ1) is 11.9. The van der Waals surface area contributed by atoms with E-state index in [1.807, 2.05) is 13.8 Å². The summed E-state index contributed by atoms with van der Waals surface area (Å²) in [4.78, 5) is 11.7. The Morgan fingerprint density at radius 1 is 1.35 bits per heavy atom. The number of phenolic OH excluding ortho intramolecular Hbond substituents is 1. The Hall–Kier alpha value is -1.55. The summed E-state index contributed by atoms with van der Waals surface area (Å²) < 4.78 is 0. The third-order valence-electron chi connectivity index (χ3n) is 2.95. The van der Waals surface area contributed by atoms with Crippen molar-refractivity contribution in [3.05, 3.63) is 23.3 Å². The summed E-state index contributed by atoms with van der Waals surface area (Å²) in [7, 11) is 0. The van der Waals surface area contributed by atoms with Gasteiger partial charge in [0, 0.05) is 11.7 Å². The van der Waals surface area contributed by atoms with Crippen molar-refractivity contribution in [1.29, 1.82) is 0 Å². The van der Waals surface area contributed by atoms with Crippen LogP contribution in [-0.4, -0.2) is 23.6 Å². The average Bonchev–Trinajstić information content (AvgIpc) is 3.07. The molecule has 3 N–H and O–H groups in total. The zero-order chi connectivity index (χ0) is 12.4. The standard InChI is InChI=1S/C13H18N2O2/c1-8-6-12(16)9(2)5-11(8)15-13(17)7-14-10-3-4-10/h5-6,10,14,16H,3-4,7H2,1-2H3,(H,15,17). The van der Waals surface area contributed by atoms with E-state index in [2.05, 4.69) is 10.6 Å². The molecule has 17 heavy (non-hydrogen) atoms. The van der Waals surface area contributed by atoms with E-state index in [9.17, 15) is 9.90 Å². The summed E-state index contributed by atoms with van der Waals surface area (Å²) in [5, 5.41) is 15.5. The fourth-order valence-electron chi connectivity index (χ4n) is 1.65. The summed E-state index contributed by atoms with van der Waals surface area (Å²) >= 11 is 0. The van der Waals surface area contributed by atoms with Crippen molar-refractivity contribution in [2.45, 2.75) is 32.7 Å². The van der Waals surface area contributed by atoms with E-state index in [0.29, 0.717) is 12.6 Å². The number of aromatic hydroxyl groups is 1. The van der Waals surface area contributed by atoms with Gasteiger partial charge >= 0.3 is 0 Å². The predicted octanol–water partition coefficient (Wildman–Crippen LogP) is 1.70. The van der Waals surface area contributed by atoms with Crippen LogP contribution in [-0.2, 0) is 4.79 Å². The van der Waals surface area contributed by atoms with Gasteiger partial charge in [0.1, 0.15) is 5.75 Å². The lowest BCUT2D eigenvalue weighted by Gasteiger charge is -2.11.